The molecule has 0 aliphatic rings. The van der Waals surface area contributed by atoms with Crippen molar-refractivity contribution in [2.24, 2.45) is 7.05 Å². The minimum absolute atomic E-state index is 0.0214. The zero-order chi connectivity index (χ0) is 20.3. The molecule has 28 heavy (non-hydrogen) atoms. The van der Waals surface area contributed by atoms with Gasteiger partial charge in [0.2, 0.25) is 11.8 Å². The van der Waals surface area contributed by atoms with E-state index in [2.05, 4.69) is 9.97 Å². The number of methoxy groups -OCH3 is 1. The van der Waals surface area contributed by atoms with Gasteiger partial charge in [-0.05, 0) is 36.2 Å². The Morgan fingerprint density at radius 3 is 2.46 bits per heavy atom. The maximum absolute atomic E-state index is 14.3. The summed E-state index contributed by atoms with van der Waals surface area (Å²) in [4.78, 5) is 19.4. The molecular formula is C19H17F2N3O4. The van der Waals surface area contributed by atoms with E-state index < -0.39 is 23.1 Å². The van der Waals surface area contributed by atoms with E-state index in [-0.39, 0.29) is 29.7 Å². The molecule has 1 aromatic carbocycles. The number of benzene rings is 1. The average molecular weight is 389 g/mol. The summed E-state index contributed by atoms with van der Waals surface area (Å²) in [5, 5.41) is 0. The predicted molar refractivity (Wildman–Crippen MR) is 95.8 cm³/mol. The van der Waals surface area contributed by atoms with Gasteiger partial charge in [0, 0.05) is 13.2 Å². The van der Waals surface area contributed by atoms with Crippen LogP contribution in [0, 0.1) is 18.6 Å². The van der Waals surface area contributed by atoms with E-state index in [1.165, 1.54) is 31.0 Å². The van der Waals surface area contributed by atoms with Crippen LogP contribution in [-0.4, -0.2) is 21.6 Å². The summed E-state index contributed by atoms with van der Waals surface area (Å²) in [6, 6.07) is 5.17. The summed E-state index contributed by atoms with van der Waals surface area (Å²) >= 11 is 0. The lowest BCUT2D eigenvalue weighted by Crippen LogP contribution is -2.21. The number of aryl methyl sites for hydroxylation is 1. The van der Waals surface area contributed by atoms with Crippen LogP contribution in [0.4, 0.5) is 8.78 Å². The predicted octanol–water partition coefficient (Wildman–Crippen LogP) is 3.14. The number of aromatic nitrogens is 3. The van der Waals surface area contributed by atoms with E-state index in [0.29, 0.717) is 0 Å². The van der Waals surface area contributed by atoms with Crippen molar-refractivity contribution < 1.29 is 23.0 Å². The molecule has 0 amide bonds. The van der Waals surface area contributed by atoms with Crippen molar-refractivity contribution in [1.29, 1.82) is 0 Å². The molecule has 0 fully saturated rings. The number of ether oxygens (including phenoxy) is 3. The van der Waals surface area contributed by atoms with Gasteiger partial charge in [0.25, 0.3) is 0 Å². The third kappa shape index (κ3) is 4.25. The molecule has 0 saturated heterocycles. The van der Waals surface area contributed by atoms with Gasteiger partial charge in [0.05, 0.1) is 19.4 Å². The van der Waals surface area contributed by atoms with Gasteiger partial charge in [-0.15, -0.1) is 0 Å². The fourth-order valence-electron chi connectivity index (χ4n) is 2.42. The molecule has 7 nitrogen and oxygen atoms in total. The number of halogens is 2. The lowest BCUT2D eigenvalue weighted by molar-refractivity contribution is 0.283. The summed E-state index contributed by atoms with van der Waals surface area (Å²) in [5.74, 6) is -1.89. The van der Waals surface area contributed by atoms with Crippen LogP contribution in [0.2, 0.25) is 0 Å². The molecule has 0 N–H and O–H groups in total. The van der Waals surface area contributed by atoms with Crippen molar-refractivity contribution >= 4 is 0 Å². The van der Waals surface area contributed by atoms with Crippen LogP contribution in [0.25, 0.3) is 0 Å². The lowest BCUT2D eigenvalue weighted by Gasteiger charge is -2.11. The highest BCUT2D eigenvalue weighted by Crippen LogP contribution is 2.29. The Kier molecular flexibility index (Phi) is 5.53. The topological polar surface area (TPSA) is 75.5 Å². The molecular weight excluding hydrogens is 372 g/mol. The minimum Gasteiger partial charge on any atom is -0.482 e. The first kappa shape index (κ1) is 19.3. The van der Waals surface area contributed by atoms with Crippen LogP contribution in [0.3, 0.4) is 0 Å². The molecule has 2 heterocycles. The molecule has 2 aromatic heterocycles. The van der Waals surface area contributed by atoms with Crippen LogP contribution >= 0.6 is 0 Å². The van der Waals surface area contributed by atoms with Gasteiger partial charge >= 0.3 is 5.69 Å². The molecule has 0 atom stereocenters. The van der Waals surface area contributed by atoms with Crippen LogP contribution in [0.1, 0.15) is 11.1 Å². The van der Waals surface area contributed by atoms with Crippen LogP contribution in [0.15, 0.2) is 41.5 Å². The van der Waals surface area contributed by atoms with Gasteiger partial charge in [-0.3, -0.25) is 9.55 Å². The Hall–Kier alpha value is -3.49. The van der Waals surface area contributed by atoms with Gasteiger partial charge in [-0.25, -0.2) is 13.6 Å². The quantitative estimate of drug-likeness (QED) is 0.645. The molecule has 146 valence electrons. The first-order valence-electron chi connectivity index (χ1n) is 8.19. The largest absolute Gasteiger partial charge is 0.482 e. The monoisotopic (exact) mass is 389 g/mol. The van der Waals surface area contributed by atoms with E-state index in [1.807, 2.05) is 0 Å². The minimum atomic E-state index is -0.894. The Labute approximate surface area is 159 Å². The molecule has 3 rings (SSSR count). The van der Waals surface area contributed by atoms with Crippen molar-refractivity contribution in [3.8, 4) is 23.3 Å². The lowest BCUT2D eigenvalue weighted by atomic mass is 10.2. The standard InChI is InChI=1S/C19H17F2N3O4/c1-11-4-13(9-22-8-11)28-18-14(20)5-12(6-15(18)21)10-27-16-7-17(26-3)24(2)19(25)23-16/h4-9H,10H2,1-3H3. The molecule has 9 heteroatoms. The van der Waals surface area contributed by atoms with Gasteiger partial charge < -0.3 is 14.2 Å². The van der Waals surface area contributed by atoms with Crippen molar-refractivity contribution in [2.75, 3.05) is 7.11 Å². The van der Waals surface area contributed by atoms with Crippen LogP contribution in [-0.2, 0) is 13.7 Å². The molecule has 0 unspecified atom stereocenters. The van der Waals surface area contributed by atoms with Crippen LogP contribution in [0.5, 0.6) is 23.3 Å². The molecule has 0 bridgehead atoms. The number of hydrogen-bond donors (Lipinski definition) is 0. The first-order valence-corrected chi connectivity index (χ1v) is 8.19. The molecule has 0 aliphatic heterocycles. The maximum Gasteiger partial charge on any atom is 0.353 e. The van der Waals surface area contributed by atoms with E-state index >= 15 is 0 Å². The van der Waals surface area contributed by atoms with E-state index in [4.69, 9.17) is 14.2 Å². The third-order valence-corrected chi connectivity index (χ3v) is 3.79. The molecule has 0 saturated carbocycles. The van der Waals surface area contributed by atoms with Gasteiger partial charge in [0.1, 0.15) is 12.4 Å². The van der Waals surface area contributed by atoms with Gasteiger partial charge in [-0.1, -0.05) is 0 Å². The molecule has 0 spiro atoms. The van der Waals surface area contributed by atoms with Gasteiger partial charge in [0.15, 0.2) is 17.4 Å². The number of pyridine rings is 1. The number of hydrogen-bond acceptors (Lipinski definition) is 6. The Bertz CT molecular complexity index is 1050. The highest BCUT2D eigenvalue weighted by atomic mass is 19.1. The SMILES string of the molecule is COc1cc(OCc2cc(F)c(Oc3cncc(C)c3)c(F)c2)nc(=O)n1C. The summed E-state index contributed by atoms with van der Waals surface area (Å²) in [6.45, 7) is 1.58. The Morgan fingerprint density at radius 1 is 1.11 bits per heavy atom. The van der Waals surface area contributed by atoms with E-state index in [9.17, 15) is 13.6 Å². The zero-order valence-electron chi connectivity index (χ0n) is 15.4. The summed E-state index contributed by atoms with van der Waals surface area (Å²) in [6.07, 6.45) is 2.96. The number of rotatable bonds is 6. The second-order valence-corrected chi connectivity index (χ2v) is 5.96. The van der Waals surface area contributed by atoms with Crippen molar-refractivity contribution in [2.45, 2.75) is 13.5 Å². The summed E-state index contributed by atoms with van der Waals surface area (Å²) < 4.78 is 45.5. The van der Waals surface area contributed by atoms with Crippen molar-refractivity contribution in [3.63, 3.8) is 0 Å². The maximum atomic E-state index is 14.3. The Morgan fingerprint density at radius 2 is 1.82 bits per heavy atom. The molecule has 0 aliphatic carbocycles. The van der Waals surface area contributed by atoms with E-state index in [0.717, 1.165) is 17.7 Å². The number of nitrogens with zero attached hydrogens (tertiary/aromatic N) is 3. The average Bonchev–Trinajstić information content (AvgIpc) is 2.65. The normalized spacial score (nSPS) is 10.6. The fourth-order valence-corrected chi connectivity index (χ4v) is 2.42. The van der Waals surface area contributed by atoms with E-state index in [1.54, 1.807) is 19.2 Å². The highest BCUT2D eigenvalue weighted by molar-refractivity contribution is 5.36. The third-order valence-electron chi connectivity index (χ3n) is 3.79. The molecule has 0 radical (unpaired) electrons. The summed E-state index contributed by atoms with van der Waals surface area (Å²) in [5.41, 5.74) is 0.411. The second kappa shape index (κ2) is 8.03. The highest BCUT2D eigenvalue weighted by Gasteiger charge is 2.15. The first-order chi connectivity index (χ1) is 13.4. The van der Waals surface area contributed by atoms with Gasteiger partial charge in [-0.2, -0.15) is 4.98 Å². The second-order valence-electron chi connectivity index (χ2n) is 5.96. The smallest absolute Gasteiger partial charge is 0.353 e. The fraction of sp³-hybridized carbons (Fsp3) is 0.211. The Balaban J connectivity index is 1.77. The van der Waals surface area contributed by atoms with Crippen molar-refractivity contribution in [1.82, 2.24) is 14.5 Å². The molecule has 3 aromatic rings. The van der Waals surface area contributed by atoms with Crippen LogP contribution < -0.4 is 19.9 Å². The van der Waals surface area contributed by atoms with Crippen molar-refractivity contribution in [3.05, 3.63) is 69.9 Å². The zero-order valence-corrected chi connectivity index (χ0v) is 15.4. The summed E-state index contributed by atoms with van der Waals surface area (Å²) in [7, 11) is 2.89.